The van der Waals surface area contributed by atoms with Crippen LogP contribution in [0.2, 0.25) is 0 Å². The highest BCUT2D eigenvalue weighted by atomic mass is 79.9. The van der Waals surface area contributed by atoms with Gasteiger partial charge in [-0.3, -0.25) is 4.79 Å². The lowest BCUT2D eigenvalue weighted by Gasteiger charge is -2.05. The molecule has 0 radical (unpaired) electrons. The molecule has 1 aromatic heterocycles. The van der Waals surface area contributed by atoms with Gasteiger partial charge in [-0.15, -0.1) is 0 Å². The van der Waals surface area contributed by atoms with Crippen LogP contribution in [-0.2, 0) is 0 Å². The number of amides is 1. The normalized spacial score (nSPS) is 9.73. The van der Waals surface area contributed by atoms with Crippen molar-refractivity contribution in [1.82, 2.24) is 4.90 Å². The van der Waals surface area contributed by atoms with Crippen molar-refractivity contribution < 1.29 is 9.21 Å². The molecular formula is C7H8BrNO2. The van der Waals surface area contributed by atoms with Gasteiger partial charge in [-0.1, -0.05) is 0 Å². The Kier molecular flexibility index (Phi) is 2.34. The first-order valence-electron chi connectivity index (χ1n) is 3.07. The number of carbonyl (C=O) groups excluding carboxylic acids is 1. The van der Waals surface area contributed by atoms with Crippen LogP contribution in [0.15, 0.2) is 21.2 Å². The van der Waals surface area contributed by atoms with E-state index in [0.717, 1.165) is 4.47 Å². The van der Waals surface area contributed by atoms with E-state index in [2.05, 4.69) is 15.9 Å². The van der Waals surface area contributed by atoms with Crippen molar-refractivity contribution in [2.45, 2.75) is 0 Å². The molecule has 0 N–H and O–H groups in total. The van der Waals surface area contributed by atoms with Gasteiger partial charge >= 0.3 is 0 Å². The smallest absolute Gasteiger partial charge is 0.289 e. The van der Waals surface area contributed by atoms with Crippen LogP contribution < -0.4 is 0 Å². The summed E-state index contributed by atoms with van der Waals surface area (Å²) in [6.45, 7) is 0. The third-order valence-corrected chi connectivity index (χ3v) is 1.60. The van der Waals surface area contributed by atoms with Crippen molar-refractivity contribution in [1.29, 1.82) is 0 Å². The second-order valence-corrected chi connectivity index (χ2v) is 3.24. The molecule has 4 heteroatoms. The quantitative estimate of drug-likeness (QED) is 0.719. The fraction of sp³-hybridized carbons (Fsp3) is 0.286. The van der Waals surface area contributed by atoms with Crippen LogP contribution in [0.4, 0.5) is 0 Å². The Morgan fingerprint density at radius 3 is 2.64 bits per heavy atom. The Labute approximate surface area is 73.1 Å². The second-order valence-electron chi connectivity index (χ2n) is 2.33. The third kappa shape index (κ3) is 1.83. The van der Waals surface area contributed by atoms with E-state index >= 15 is 0 Å². The maximum atomic E-state index is 11.2. The average Bonchev–Trinajstić information content (AvgIpc) is 2.34. The molecule has 0 saturated carbocycles. The number of halogens is 1. The monoisotopic (exact) mass is 217 g/mol. The second kappa shape index (κ2) is 3.09. The molecule has 1 aromatic rings. The average molecular weight is 218 g/mol. The van der Waals surface area contributed by atoms with E-state index in [0.29, 0.717) is 5.76 Å². The molecule has 0 fully saturated rings. The van der Waals surface area contributed by atoms with E-state index in [4.69, 9.17) is 4.42 Å². The highest BCUT2D eigenvalue weighted by molar-refractivity contribution is 9.10. The maximum Gasteiger partial charge on any atom is 0.289 e. The molecule has 0 saturated heterocycles. The minimum atomic E-state index is -0.129. The van der Waals surface area contributed by atoms with Gasteiger partial charge in [0.15, 0.2) is 5.76 Å². The van der Waals surface area contributed by atoms with E-state index in [1.165, 1.54) is 11.2 Å². The van der Waals surface area contributed by atoms with Crippen molar-refractivity contribution in [3.63, 3.8) is 0 Å². The van der Waals surface area contributed by atoms with Crippen LogP contribution in [0.25, 0.3) is 0 Å². The summed E-state index contributed by atoms with van der Waals surface area (Å²) in [5, 5.41) is 0. The lowest BCUT2D eigenvalue weighted by atomic mass is 10.4. The molecule has 0 aliphatic rings. The van der Waals surface area contributed by atoms with Gasteiger partial charge < -0.3 is 9.32 Å². The van der Waals surface area contributed by atoms with E-state index in [1.807, 2.05) is 0 Å². The molecule has 0 unspecified atom stereocenters. The predicted octanol–water partition coefficient (Wildman–Crippen LogP) is 1.74. The highest BCUT2D eigenvalue weighted by Gasteiger charge is 2.11. The van der Waals surface area contributed by atoms with Crippen LogP contribution in [0.3, 0.4) is 0 Å². The molecule has 1 amide bonds. The van der Waals surface area contributed by atoms with Gasteiger partial charge in [-0.25, -0.2) is 0 Å². The molecule has 3 nitrogen and oxygen atoms in total. The SMILES string of the molecule is CN(C)C(=O)c1cc(Br)co1. The van der Waals surface area contributed by atoms with Crippen molar-refractivity contribution in [3.8, 4) is 0 Å². The Morgan fingerprint density at radius 2 is 2.27 bits per heavy atom. The zero-order valence-electron chi connectivity index (χ0n) is 6.30. The summed E-state index contributed by atoms with van der Waals surface area (Å²) >= 11 is 3.19. The highest BCUT2D eigenvalue weighted by Crippen LogP contribution is 2.14. The van der Waals surface area contributed by atoms with Gasteiger partial charge in [-0.05, 0) is 15.9 Å². The van der Waals surface area contributed by atoms with Crippen LogP contribution in [0.5, 0.6) is 0 Å². The number of rotatable bonds is 1. The van der Waals surface area contributed by atoms with E-state index in [1.54, 1.807) is 20.2 Å². The standard InChI is InChI=1S/C7H8BrNO2/c1-9(2)7(10)6-3-5(8)4-11-6/h3-4H,1-2H3. The molecule has 0 aliphatic heterocycles. The van der Waals surface area contributed by atoms with Crippen molar-refractivity contribution in [2.75, 3.05) is 14.1 Å². The summed E-state index contributed by atoms with van der Waals surface area (Å²) in [5.74, 6) is 0.220. The molecule has 0 spiro atoms. The Bertz CT molecular complexity index is 267. The minimum Gasteiger partial charge on any atom is -0.458 e. The number of nitrogens with zero attached hydrogens (tertiary/aromatic N) is 1. The summed E-state index contributed by atoms with van der Waals surface area (Å²) in [7, 11) is 3.36. The maximum absolute atomic E-state index is 11.2. The minimum absolute atomic E-state index is 0.129. The van der Waals surface area contributed by atoms with Crippen LogP contribution in [0, 0.1) is 0 Å². The van der Waals surface area contributed by atoms with Gasteiger partial charge in [0, 0.05) is 20.2 Å². The third-order valence-electron chi connectivity index (χ3n) is 1.18. The number of hydrogen-bond donors (Lipinski definition) is 0. The van der Waals surface area contributed by atoms with Gasteiger partial charge in [0.05, 0.1) is 4.47 Å². The van der Waals surface area contributed by atoms with Gasteiger partial charge in [-0.2, -0.15) is 0 Å². The first kappa shape index (κ1) is 8.33. The molecule has 60 valence electrons. The Hall–Kier alpha value is -0.770. The summed E-state index contributed by atoms with van der Waals surface area (Å²) in [4.78, 5) is 12.6. The number of hydrogen-bond acceptors (Lipinski definition) is 2. The fourth-order valence-corrected chi connectivity index (χ4v) is 0.947. The molecule has 0 aromatic carbocycles. The van der Waals surface area contributed by atoms with Crippen LogP contribution in [-0.4, -0.2) is 24.9 Å². The zero-order chi connectivity index (χ0) is 8.43. The number of carbonyl (C=O) groups is 1. The number of furan rings is 1. The molecular weight excluding hydrogens is 210 g/mol. The van der Waals surface area contributed by atoms with E-state index in [-0.39, 0.29) is 5.91 Å². The molecule has 11 heavy (non-hydrogen) atoms. The van der Waals surface area contributed by atoms with Crippen LogP contribution in [0.1, 0.15) is 10.6 Å². The summed E-state index contributed by atoms with van der Waals surface area (Å²) in [6, 6.07) is 1.64. The molecule has 0 bridgehead atoms. The lowest BCUT2D eigenvalue weighted by molar-refractivity contribution is 0.0797. The summed E-state index contributed by atoms with van der Waals surface area (Å²) in [5.41, 5.74) is 0. The van der Waals surface area contributed by atoms with Gasteiger partial charge in [0.1, 0.15) is 6.26 Å². The van der Waals surface area contributed by atoms with E-state index in [9.17, 15) is 4.79 Å². The molecule has 1 rings (SSSR count). The van der Waals surface area contributed by atoms with Crippen molar-refractivity contribution in [2.24, 2.45) is 0 Å². The Morgan fingerprint density at radius 1 is 1.64 bits per heavy atom. The summed E-state index contributed by atoms with van der Waals surface area (Å²) in [6.07, 6.45) is 1.48. The van der Waals surface area contributed by atoms with Crippen molar-refractivity contribution in [3.05, 3.63) is 22.6 Å². The van der Waals surface area contributed by atoms with Crippen molar-refractivity contribution >= 4 is 21.8 Å². The lowest BCUT2D eigenvalue weighted by Crippen LogP contribution is -2.20. The topological polar surface area (TPSA) is 33.5 Å². The van der Waals surface area contributed by atoms with Crippen LogP contribution >= 0.6 is 15.9 Å². The first-order valence-corrected chi connectivity index (χ1v) is 3.86. The Balaban J connectivity index is 2.85. The van der Waals surface area contributed by atoms with Gasteiger partial charge in [0.2, 0.25) is 0 Å². The predicted molar refractivity (Wildman–Crippen MR) is 44.4 cm³/mol. The molecule has 0 atom stereocenters. The largest absolute Gasteiger partial charge is 0.458 e. The first-order chi connectivity index (χ1) is 5.11. The fourth-order valence-electron chi connectivity index (χ4n) is 0.646. The summed E-state index contributed by atoms with van der Waals surface area (Å²) < 4.78 is 5.73. The van der Waals surface area contributed by atoms with Gasteiger partial charge in [0.25, 0.3) is 5.91 Å². The van der Waals surface area contributed by atoms with E-state index < -0.39 is 0 Å². The molecule has 1 heterocycles. The molecule has 0 aliphatic carbocycles. The zero-order valence-corrected chi connectivity index (χ0v) is 7.88.